The molecular formula is C11H16N2O2. The van der Waals surface area contributed by atoms with Crippen LogP contribution in [0.15, 0.2) is 18.3 Å². The van der Waals surface area contributed by atoms with Crippen molar-refractivity contribution >= 4 is 5.91 Å². The number of amides is 1. The van der Waals surface area contributed by atoms with Crippen molar-refractivity contribution in [2.75, 3.05) is 19.7 Å². The van der Waals surface area contributed by atoms with E-state index in [9.17, 15) is 4.79 Å². The maximum absolute atomic E-state index is 11.9. The summed E-state index contributed by atoms with van der Waals surface area (Å²) < 4.78 is 0. The Hall–Kier alpha value is -1.29. The molecule has 1 aliphatic heterocycles. The fourth-order valence-electron chi connectivity index (χ4n) is 2.03. The average molecular weight is 208 g/mol. The summed E-state index contributed by atoms with van der Waals surface area (Å²) in [5.74, 6) is 0.288. The number of aromatic amines is 1. The van der Waals surface area contributed by atoms with Gasteiger partial charge < -0.3 is 15.0 Å². The number of piperidine rings is 1. The number of rotatable bonds is 2. The maximum Gasteiger partial charge on any atom is 0.270 e. The summed E-state index contributed by atoms with van der Waals surface area (Å²) in [6.07, 6.45) is 3.75. The minimum atomic E-state index is 0.0400. The Balaban J connectivity index is 2.01. The van der Waals surface area contributed by atoms with E-state index >= 15 is 0 Å². The number of nitrogens with one attached hydrogen (secondary N) is 1. The molecule has 0 aliphatic carbocycles. The van der Waals surface area contributed by atoms with Crippen molar-refractivity contribution < 1.29 is 9.90 Å². The summed E-state index contributed by atoms with van der Waals surface area (Å²) in [5.41, 5.74) is 0.633. The molecule has 4 heteroatoms. The summed E-state index contributed by atoms with van der Waals surface area (Å²) in [4.78, 5) is 16.7. The first kappa shape index (κ1) is 10.2. The van der Waals surface area contributed by atoms with Crippen molar-refractivity contribution in [2.24, 2.45) is 5.92 Å². The molecule has 4 nitrogen and oxygen atoms in total. The van der Waals surface area contributed by atoms with Gasteiger partial charge in [0.25, 0.3) is 5.91 Å². The van der Waals surface area contributed by atoms with Gasteiger partial charge in [0.05, 0.1) is 0 Å². The van der Waals surface area contributed by atoms with E-state index in [2.05, 4.69) is 4.98 Å². The number of aliphatic hydroxyl groups is 1. The van der Waals surface area contributed by atoms with Gasteiger partial charge in [0.15, 0.2) is 0 Å². The van der Waals surface area contributed by atoms with Crippen molar-refractivity contribution in [1.82, 2.24) is 9.88 Å². The van der Waals surface area contributed by atoms with Gasteiger partial charge in [0.2, 0.25) is 0 Å². The highest BCUT2D eigenvalue weighted by Crippen LogP contribution is 2.17. The third kappa shape index (κ3) is 2.21. The zero-order valence-electron chi connectivity index (χ0n) is 8.65. The van der Waals surface area contributed by atoms with Crippen LogP contribution >= 0.6 is 0 Å². The molecule has 82 valence electrons. The second-order valence-electron chi connectivity index (χ2n) is 4.03. The van der Waals surface area contributed by atoms with Crippen LogP contribution in [0.4, 0.5) is 0 Å². The van der Waals surface area contributed by atoms with Crippen LogP contribution in [0.5, 0.6) is 0 Å². The van der Waals surface area contributed by atoms with E-state index in [0.29, 0.717) is 12.2 Å². The van der Waals surface area contributed by atoms with Gasteiger partial charge >= 0.3 is 0 Å². The number of likely N-dealkylation sites (tertiary alicyclic amines) is 1. The lowest BCUT2D eigenvalue weighted by atomic mass is 9.99. The van der Waals surface area contributed by atoms with Gasteiger partial charge in [-0.15, -0.1) is 0 Å². The second-order valence-corrected chi connectivity index (χ2v) is 4.03. The standard InChI is InChI=1S/C11H16N2O2/c14-8-9-3-2-6-13(7-9)11(15)10-4-1-5-12-10/h1,4-5,9,12,14H,2-3,6-8H2. The quantitative estimate of drug-likeness (QED) is 0.757. The number of aliphatic hydroxyl groups excluding tert-OH is 1. The molecule has 2 rings (SSSR count). The van der Waals surface area contributed by atoms with Crippen molar-refractivity contribution in [3.8, 4) is 0 Å². The molecule has 0 spiro atoms. The van der Waals surface area contributed by atoms with E-state index in [-0.39, 0.29) is 18.4 Å². The molecule has 0 radical (unpaired) electrons. The zero-order chi connectivity index (χ0) is 10.7. The number of hydrogen-bond donors (Lipinski definition) is 2. The lowest BCUT2D eigenvalue weighted by Gasteiger charge is -2.31. The van der Waals surface area contributed by atoms with Crippen LogP contribution in [0, 0.1) is 5.92 Å². The van der Waals surface area contributed by atoms with Gasteiger partial charge in [0, 0.05) is 25.9 Å². The van der Waals surface area contributed by atoms with Gasteiger partial charge in [-0.05, 0) is 30.9 Å². The van der Waals surface area contributed by atoms with Crippen molar-refractivity contribution in [3.05, 3.63) is 24.0 Å². The fourth-order valence-corrected chi connectivity index (χ4v) is 2.03. The van der Waals surface area contributed by atoms with Gasteiger partial charge in [-0.2, -0.15) is 0 Å². The third-order valence-corrected chi connectivity index (χ3v) is 2.89. The Labute approximate surface area is 88.9 Å². The summed E-state index contributed by atoms with van der Waals surface area (Å²) in [7, 11) is 0. The van der Waals surface area contributed by atoms with Gasteiger partial charge in [-0.3, -0.25) is 4.79 Å². The molecule has 0 aromatic carbocycles. The molecule has 1 saturated heterocycles. The number of carbonyl (C=O) groups is 1. The van der Waals surface area contributed by atoms with Crippen LogP contribution in [0.1, 0.15) is 23.3 Å². The van der Waals surface area contributed by atoms with Crippen LogP contribution in [-0.4, -0.2) is 40.6 Å². The molecule has 1 unspecified atom stereocenters. The van der Waals surface area contributed by atoms with Crippen LogP contribution in [0.3, 0.4) is 0 Å². The van der Waals surface area contributed by atoms with Gasteiger partial charge in [-0.25, -0.2) is 0 Å². The highest BCUT2D eigenvalue weighted by molar-refractivity contribution is 5.92. The third-order valence-electron chi connectivity index (χ3n) is 2.89. The largest absolute Gasteiger partial charge is 0.396 e. The Morgan fingerprint density at radius 1 is 1.67 bits per heavy atom. The molecule has 15 heavy (non-hydrogen) atoms. The van der Waals surface area contributed by atoms with Gasteiger partial charge in [-0.1, -0.05) is 0 Å². The number of H-pyrrole nitrogens is 1. The molecule has 2 N–H and O–H groups in total. The first-order valence-electron chi connectivity index (χ1n) is 5.35. The summed E-state index contributed by atoms with van der Waals surface area (Å²) in [5, 5.41) is 9.08. The lowest BCUT2D eigenvalue weighted by Crippen LogP contribution is -2.41. The Morgan fingerprint density at radius 3 is 3.20 bits per heavy atom. The molecule has 0 bridgehead atoms. The Bertz CT molecular complexity index is 321. The van der Waals surface area contributed by atoms with Crippen molar-refractivity contribution in [1.29, 1.82) is 0 Å². The molecule has 2 heterocycles. The van der Waals surface area contributed by atoms with Crippen LogP contribution in [-0.2, 0) is 0 Å². The molecule has 1 fully saturated rings. The molecular weight excluding hydrogens is 192 g/mol. The topological polar surface area (TPSA) is 56.3 Å². The van der Waals surface area contributed by atoms with Gasteiger partial charge in [0.1, 0.15) is 5.69 Å². The predicted molar refractivity (Wildman–Crippen MR) is 56.5 cm³/mol. The van der Waals surface area contributed by atoms with E-state index in [0.717, 1.165) is 19.4 Å². The molecule has 1 aliphatic rings. The van der Waals surface area contributed by atoms with Crippen molar-refractivity contribution in [2.45, 2.75) is 12.8 Å². The second kappa shape index (κ2) is 4.49. The smallest absolute Gasteiger partial charge is 0.270 e. The predicted octanol–water partition coefficient (Wildman–Crippen LogP) is 0.859. The number of nitrogens with zero attached hydrogens (tertiary/aromatic N) is 1. The van der Waals surface area contributed by atoms with Crippen molar-refractivity contribution in [3.63, 3.8) is 0 Å². The zero-order valence-corrected chi connectivity index (χ0v) is 8.65. The first-order valence-corrected chi connectivity index (χ1v) is 5.35. The van der Waals surface area contributed by atoms with E-state index < -0.39 is 0 Å². The maximum atomic E-state index is 11.9. The van der Waals surface area contributed by atoms with E-state index in [1.165, 1.54) is 0 Å². The fraction of sp³-hybridized carbons (Fsp3) is 0.545. The number of aromatic nitrogens is 1. The Morgan fingerprint density at radius 2 is 2.53 bits per heavy atom. The van der Waals surface area contributed by atoms with E-state index in [1.54, 1.807) is 12.3 Å². The molecule has 1 amide bonds. The molecule has 1 aromatic heterocycles. The molecule has 1 aromatic rings. The highest BCUT2D eigenvalue weighted by atomic mass is 16.3. The van der Waals surface area contributed by atoms with E-state index in [1.807, 2.05) is 11.0 Å². The normalized spacial score (nSPS) is 21.7. The molecule has 0 saturated carbocycles. The summed E-state index contributed by atoms with van der Waals surface area (Å²) in [6, 6.07) is 3.60. The number of hydrogen-bond acceptors (Lipinski definition) is 2. The minimum Gasteiger partial charge on any atom is -0.396 e. The SMILES string of the molecule is O=C(c1ccc[nH]1)N1CCCC(CO)C1. The minimum absolute atomic E-state index is 0.0400. The first-order chi connectivity index (χ1) is 7.31. The Kier molecular flexibility index (Phi) is 3.06. The summed E-state index contributed by atoms with van der Waals surface area (Å²) >= 11 is 0. The van der Waals surface area contributed by atoms with Crippen LogP contribution in [0.25, 0.3) is 0 Å². The highest BCUT2D eigenvalue weighted by Gasteiger charge is 2.24. The monoisotopic (exact) mass is 208 g/mol. The average Bonchev–Trinajstić information content (AvgIpc) is 2.81. The number of carbonyl (C=O) groups excluding carboxylic acids is 1. The van der Waals surface area contributed by atoms with Crippen LogP contribution < -0.4 is 0 Å². The lowest BCUT2D eigenvalue weighted by molar-refractivity contribution is 0.0615. The van der Waals surface area contributed by atoms with E-state index in [4.69, 9.17) is 5.11 Å². The molecule has 1 atom stereocenters. The van der Waals surface area contributed by atoms with Crippen LogP contribution in [0.2, 0.25) is 0 Å². The summed E-state index contributed by atoms with van der Waals surface area (Å²) in [6.45, 7) is 1.65.